The van der Waals surface area contributed by atoms with Crippen LogP contribution in [0.3, 0.4) is 0 Å². The quantitative estimate of drug-likeness (QED) is 0.156. The number of unbranched alkanes of at least 4 members (excludes halogenated alkanes) is 12. The summed E-state index contributed by atoms with van der Waals surface area (Å²) in [6.45, 7) is 2.26. The van der Waals surface area contributed by atoms with Gasteiger partial charge in [0, 0.05) is 19.0 Å². The highest BCUT2D eigenvalue weighted by Crippen LogP contribution is 2.12. The highest BCUT2D eigenvalue weighted by atomic mass is 16.2. The third-order valence-corrected chi connectivity index (χ3v) is 4.51. The van der Waals surface area contributed by atoms with E-state index in [9.17, 15) is 9.59 Å². The summed E-state index contributed by atoms with van der Waals surface area (Å²) in [7, 11) is 0. The van der Waals surface area contributed by atoms with Crippen molar-refractivity contribution < 1.29 is 9.59 Å². The summed E-state index contributed by atoms with van der Waals surface area (Å²) in [5.41, 5.74) is 1.99. The van der Waals surface area contributed by atoms with E-state index in [4.69, 9.17) is 11.7 Å². The highest BCUT2D eigenvalue weighted by Gasteiger charge is 2.08. The number of nitrogens with one attached hydrogen (secondary N) is 1. The largest absolute Gasteiger partial charge is 0.294 e. The highest BCUT2D eigenvalue weighted by molar-refractivity contribution is 5.83. The van der Waals surface area contributed by atoms with E-state index in [2.05, 4.69) is 6.92 Å². The second kappa shape index (κ2) is 18.4. The van der Waals surface area contributed by atoms with E-state index in [1.807, 2.05) is 11.5 Å². The Bertz CT molecular complexity index is 386. The van der Waals surface area contributed by atoms with Crippen molar-refractivity contribution in [2.24, 2.45) is 11.7 Å². The molecule has 0 saturated heterocycles. The van der Waals surface area contributed by atoms with Crippen LogP contribution in [0.4, 0.5) is 0 Å². The fourth-order valence-corrected chi connectivity index (χ4v) is 2.80. The number of amides is 2. The molecular formula is C20H40N4O2. The van der Waals surface area contributed by atoms with Crippen LogP contribution < -0.4 is 17.1 Å². The zero-order valence-corrected chi connectivity index (χ0v) is 16.7. The lowest BCUT2D eigenvalue weighted by atomic mass is 10.0. The molecule has 0 unspecified atom stereocenters. The van der Waals surface area contributed by atoms with Gasteiger partial charge in [-0.25, -0.2) is 11.7 Å². The topological polar surface area (TPSA) is 101 Å². The van der Waals surface area contributed by atoms with Crippen molar-refractivity contribution in [3.8, 4) is 0 Å². The number of hydrazine groups is 2. The van der Waals surface area contributed by atoms with Crippen molar-refractivity contribution in [3.05, 3.63) is 12.3 Å². The van der Waals surface area contributed by atoms with Gasteiger partial charge in [-0.05, 0) is 12.8 Å². The molecule has 0 aromatic carbocycles. The summed E-state index contributed by atoms with van der Waals surface area (Å²) in [5, 5.41) is 1.05. The first kappa shape index (κ1) is 24.6. The molecule has 0 atom stereocenters. The minimum absolute atomic E-state index is 0.0512. The summed E-state index contributed by atoms with van der Waals surface area (Å²) in [5.74, 6) is 9.92. The van der Waals surface area contributed by atoms with E-state index in [0.29, 0.717) is 0 Å². The molecule has 6 heteroatoms. The van der Waals surface area contributed by atoms with Crippen LogP contribution in [0.25, 0.3) is 0 Å². The zero-order chi connectivity index (χ0) is 19.5. The number of nitrogens with two attached hydrogens (primary N) is 2. The van der Waals surface area contributed by atoms with Gasteiger partial charge in [0.1, 0.15) is 0 Å². The van der Waals surface area contributed by atoms with Crippen LogP contribution in [0.15, 0.2) is 12.3 Å². The third kappa shape index (κ3) is 16.1. The lowest BCUT2D eigenvalue weighted by Gasteiger charge is -2.10. The van der Waals surface area contributed by atoms with Crippen molar-refractivity contribution >= 4 is 11.8 Å². The van der Waals surface area contributed by atoms with Crippen LogP contribution in [0.2, 0.25) is 0 Å². The molecule has 0 saturated carbocycles. The number of carbonyl (C=O) groups excluding carboxylic acids is 2. The van der Waals surface area contributed by atoms with Gasteiger partial charge in [-0.2, -0.15) is 0 Å². The molecule has 0 bridgehead atoms. The molecule has 0 radical (unpaired) electrons. The van der Waals surface area contributed by atoms with Crippen molar-refractivity contribution in [3.63, 3.8) is 0 Å². The lowest BCUT2D eigenvalue weighted by Crippen LogP contribution is -2.35. The number of hydrogen-bond donors (Lipinski definition) is 3. The molecule has 6 nitrogen and oxygen atoms in total. The Labute approximate surface area is 159 Å². The molecule has 2 amide bonds. The molecular weight excluding hydrogens is 328 g/mol. The van der Waals surface area contributed by atoms with Gasteiger partial charge in [0.2, 0.25) is 11.8 Å². The Morgan fingerprint density at radius 1 is 0.846 bits per heavy atom. The van der Waals surface area contributed by atoms with Gasteiger partial charge in [-0.15, -0.1) is 0 Å². The summed E-state index contributed by atoms with van der Waals surface area (Å²) in [4.78, 5) is 22.6. The standard InChI is InChI=1S/C20H40N4O2/c1-2-3-4-5-6-7-8-9-10-11-12-13-14-15-18-24(22)20(26)17-16-19(25)23-21/h15,18H,2-14,16-17,21-22H2,1H3,(H,23,25). The normalized spacial score (nSPS) is 11.0. The molecule has 0 aromatic rings. The van der Waals surface area contributed by atoms with Crippen LogP contribution in [0, 0.1) is 0 Å². The zero-order valence-electron chi connectivity index (χ0n) is 16.7. The monoisotopic (exact) mass is 368 g/mol. The van der Waals surface area contributed by atoms with Crippen LogP contribution >= 0.6 is 0 Å². The van der Waals surface area contributed by atoms with E-state index in [0.717, 1.165) is 17.9 Å². The minimum atomic E-state index is -0.368. The molecule has 0 aliphatic rings. The maximum absolute atomic E-state index is 11.7. The number of allylic oxidation sites excluding steroid dienone is 1. The second-order valence-electron chi connectivity index (χ2n) is 6.93. The Morgan fingerprint density at radius 2 is 1.35 bits per heavy atom. The lowest BCUT2D eigenvalue weighted by molar-refractivity contribution is -0.131. The number of hydrogen-bond acceptors (Lipinski definition) is 4. The molecule has 5 N–H and O–H groups in total. The average molecular weight is 369 g/mol. The maximum Gasteiger partial charge on any atom is 0.241 e. The molecule has 152 valence electrons. The molecule has 0 rings (SSSR count). The van der Waals surface area contributed by atoms with E-state index in [1.165, 1.54) is 70.6 Å². The molecule has 0 aromatic heterocycles. The van der Waals surface area contributed by atoms with Crippen molar-refractivity contribution in [2.75, 3.05) is 0 Å². The van der Waals surface area contributed by atoms with Gasteiger partial charge in [0.05, 0.1) is 0 Å². The number of nitrogens with zero attached hydrogens (tertiary/aromatic N) is 1. The van der Waals surface area contributed by atoms with Crippen molar-refractivity contribution in [1.82, 2.24) is 10.4 Å². The number of rotatable bonds is 17. The van der Waals surface area contributed by atoms with Crippen LogP contribution in [-0.4, -0.2) is 16.8 Å². The second-order valence-corrected chi connectivity index (χ2v) is 6.93. The molecule has 0 aliphatic heterocycles. The fourth-order valence-electron chi connectivity index (χ4n) is 2.80. The van der Waals surface area contributed by atoms with Crippen LogP contribution in [0.5, 0.6) is 0 Å². The summed E-state index contributed by atoms with van der Waals surface area (Å²) in [6.07, 6.45) is 20.5. The molecule has 0 spiro atoms. The van der Waals surface area contributed by atoms with Gasteiger partial charge in [-0.1, -0.05) is 83.6 Å². The first-order valence-electron chi connectivity index (χ1n) is 10.3. The molecule has 26 heavy (non-hydrogen) atoms. The fraction of sp³-hybridized carbons (Fsp3) is 0.800. The van der Waals surface area contributed by atoms with Gasteiger partial charge in [0.25, 0.3) is 0 Å². The molecule has 0 fully saturated rings. The van der Waals surface area contributed by atoms with Crippen LogP contribution in [-0.2, 0) is 9.59 Å². The van der Waals surface area contributed by atoms with E-state index >= 15 is 0 Å². The third-order valence-electron chi connectivity index (χ3n) is 4.51. The molecule has 0 heterocycles. The first-order valence-corrected chi connectivity index (χ1v) is 10.3. The van der Waals surface area contributed by atoms with E-state index in [1.54, 1.807) is 6.20 Å². The van der Waals surface area contributed by atoms with Gasteiger partial charge in [0.15, 0.2) is 0 Å². The molecule has 0 aliphatic carbocycles. The van der Waals surface area contributed by atoms with Crippen molar-refractivity contribution in [2.45, 2.75) is 103 Å². The number of carbonyl (C=O) groups is 2. The Hall–Kier alpha value is -1.40. The predicted octanol–water partition coefficient (Wildman–Crippen LogP) is 4.06. The van der Waals surface area contributed by atoms with Gasteiger partial charge < -0.3 is 0 Å². The van der Waals surface area contributed by atoms with Gasteiger partial charge in [-0.3, -0.25) is 20.0 Å². The predicted molar refractivity (Wildman–Crippen MR) is 107 cm³/mol. The Kier molecular flexibility index (Phi) is 17.4. The summed E-state index contributed by atoms with van der Waals surface area (Å²) >= 11 is 0. The SMILES string of the molecule is CCCCCCCCCCCCCCC=CN(N)C(=O)CCC(=O)NN. The maximum atomic E-state index is 11.7. The van der Waals surface area contributed by atoms with E-state index in [-0.39, 0.29) is 24.7 Å². The van der Waals surface area contributed by atoms with Crippen LogP contribution in [0.1, 0.15) is 103 Å². The average Bonchev–Trinajstić information content (AvgIpc) is 2.65. The summed E-state index contributed by atoms with van der Waals surface area (Å²) in [6, 6.07) is 0. The smallest absolute Gasteiger partial charge is 0.241 e. The van der Waals surface area contributed by atoms with Gasteiger partial charge >= 0.3 is 0 Å². The van der Waals surface area contributed by atoms with Crippen molar-refractivity contribution in [1.29, 1.82) is 0 Å². The van der Waals surface area contributed by atoms with E-state index < -0.39 is 0 Å². The Morgan fingerprint density at radius 3 is 1.85 bits per heavy atom. The first-order chi connectivity index (χ1) is 12.6. The Balaban J connectivity index is 3.41. The summed E-state index contributed by atoms with van der Waals surface area (Å²) < 4.78 is 0. The minimum Gasteiger partial charge on any atom is -0.294 e.